The minimum Gasteiger partial charge on any atom is -0.454 e. The summed E-state index contributed by atoms with van der Waals surface area (Å²) < 4.78 is 19.5. The van der Waals surface area contributed by atoms with Crippen LogP contribution in [0.1, 0.15) is 24.5 Å². The number of rotatable bonds is 5. The smallest absolute Gasteiger partial charge is 0.165 e. The van der Waals surface area contributed by atoms with Crippen molar-refractivity contribution in [3.05, 3.63) is 59.4 Å². The first kappa shape index (κ1) is 14.5. The summed E-state index contributed by atoms with van der Waals surface area (Å²) in [4.78, 5) is 0. The van der Waals surface area contributed by atoms with Crippen molar-refractivity contribution in [2.24, 2.45) is 5.73 Å². The molecule has 1 atom stereocenters. The first-order valence-electron chi connectivity index (χ1n) is 6.87. The van der Waals surface area contributed by atoms with Crippen molar-refractivity contribution in [3.8, 4) is 11.5 Å². The second-order valence-corrected chi connectivity index (χ2v) is 5.02. The summed E-state index contributed by atoms with van der Waals surface area (Å²) in [5, 5.41) is 0. The fraction of sp³-hybridized carbons (Fsp3) is 0.294. The quantitative estimate of drug-likeness (QED) is 0.885. The SMILES string of the molecule is CCC(N)Cc1ccccc1Oc1cc(C)ccc1F. The lowest BCUT2D eigenvalue weighted by atomic mass is 10.0. The summed E-state index contributed by atoms with van der Waals surface area (Å²) in [6.07, 6.45) is 1.62. The minimum atomic E-state index is -0.356. The molecular weight excluding hydrogens is 253 g/mol. The molecule has 0 saturated carbocycles. The molecule has 3 heteroatoms. The van der Waals surface area contributed by atoms with Crippen molar-refractivity contribution >= 4 is 0 Å². The maximum absolute atomic E-state index is 13.8. The highest BCUT2D eigenvalue weighted by molar-refractivity contribution is 5.39. The van der Waals surface area contributed by atoms with Crippen LogP contribution in [0.4, 0.5) is 4.39 Å². The van der Waals surface area contributed by atoms with Gasteiger partial charge in [0.15, 0.2) is 11.6 Å². The molecule has 1 unspecified atom stereocenters. The van der Waals surface area contributed by atoms with Crippen molar-refractivity contribution in [1.29, 1.82) is 0 Å². The van der Waals surface area contributed by atoms with E-state index in [1.54, 1.807) is 12.1 Å². The minimum absolute atomic E-state index is 0.0853. The van der Waals surface area contributed by atoms with Crippen LogP contribution in [-0.4, -0.2) is 6.04 Å². The molecule has 2 aromatic rings. The molecule has 0 fully saturated rings. The third kappa shape index (κ3) is 3.58. The van der Waals surface area contributed by atoms with Gasteiger partial charge in [0.05, 0.1) is 0 Å². The zero-order valence-corrected chi connectivity index (χ0v) is 11.9. The van der Waals surface area contributed by atoms with E-state index in [1.807, 2.05) is 38.1 Å². The molecule has 0 aliphatic carbocycles. The molecule has 2 aromatic carbocycles. The molecule has 0 radical (unpaired) electrons. The highest BCUT2D eigenvalue weighted by Gasteiger charge is 2.10. The highest BCUT2D eigenvalue weighted by atomic mass is 19.1. The second kappa shape index (κ2) is 6.53. The van der Waals surface area contributed by atoms with Crippen LogP contribution >= 0.6 is 0 Å². The summed E-state index contributed by atoms with van der Waals surface area (Å²) in [6, 6.07) is 12.6. The van der Waals surface area contributed by atoms with Gasteiger partial charge in [-0.3, -0.25) is 0 Å². The zero-order valence-electron chi connectivity index (χ0n) is 11.9. The van der Waals surface area contributed by atoms with Gasteiger partial charge in [0.2, 0.25) is 0 Å². The molecular formula is C17H20FNO. The van der Waals surface area contributed by atoms with E-state index >= 15 is 0 Å². The van der Waals surface area contributed by atoms with Crippen LogP contribution in [0.15, 0.2) is 42.5 Å². The normalized spacial score (nSPS) is 12.2. The first-order chi connectivity index (χ1) is 9.60. The molecule has 0 aromatic heterocycles. The van der Waals surface area contributed by atoms with Crippen LogP contribution in [0.5, 0.6) is 11.5 Å². The molecule has 0 aliphatic heterocycles. The molecule has 0 bridgehead atoms. The number of ether oxygens (including phenoxy) is 1. The van der Waals surface area contributed by atoms with E-state index in [0.29, 0.717) is 5.75 Å². The number of aryl methyl sites for hydroxylation is 1. The topological polar surface area (TPSA) is 35.2 Å². The maximum Gasteiger partial charge on any atom is 0.165 e. The highest BCUT2D eigenvalue weighted by Crippen LogP contribution is 2.28. The van der Waals surface area contributed by atoms with Gasteiger partial charge in [0.1, 0.15) is 5.75 Å². The van der Waals surface area contributed by atoms with E-state index in [2.05, 4.69) is 0 Å². The van der Waals surface area contributed by atoms with E-state index in [-0.39, 0.29) is 17.6 Å². The van der Waals surface area contributed by atoms with Crippen LogP contribution in [0.3, 0.4) is 0 Å². The first-order valence-corrected chi connectivity index (χ1v) is 6.87. The van der Waals surface area contributed by atoms with Gasteiger partial charge >= 0.3 is 0 Å². The fourth-order valence-electron chi connectivity index (χ4n) is 2.01. The van der Waals surface area contributed by atoms with Gasteiger partial charge in [0, 0.05) is 6.04 Å². The molecule has 2 nitrogen and oxygen atoms in total. The van der Waals surface area contributed by atoms with Gasteiger partial charge in [-0.05, 0) is 49.1 Å². The fourth-order valence-corrected chi connectivity index (χ4v) is 2.01. The predicted molar refractivity (Wildman–Crippen MR) is 79.6 cm³/mol. The molecule has 0 amide bonds. The number of halogens is 1. The Bertz CT molecular complexity index is 583. The Balaban J connectivity index is 2.27. The lowest BCUT2D eigenvalue weighted by molar-refractivity contribution is 0.435. The summed E-state index contributed by atoms with van der Waals surface area (Å²) in [6.45, 7) is 3.96. The Morgan fingerprint density at radius 2 is 1.90 bits per heavy atom. The van der Waals surface area contributed by atoms with Crippen LogP contribution in [0.25, 0.3) is 0 Å². The number of hydrogen-bond donors (Lipinski definition) is 1. The van der Waals surface area contributed by atoms with E-state index in [1.165, 1.54) is 6.07 Å². The third-order valence-electron chi connectivity index (χ3n) is 3.29. The summed E-state index contributed by atoms with van der Waals surface area (Å²) in [7, 11) is 0. The zero-order chi connectivity index (χ0) is 14.5. The van der Waals surface area contributed by atoms with Crippen molar-refractivity contribution in [2.45, 2.75) is 32.7 Å². The van der Waals surface area contributed by atoms with Crippen molar-refractivity contribution in [2.75, 3.05) is 0 Å². The van der Waals surface area contributed by atoms with Crippen molar-refractivity contribution < 1.29 is 9.13 Å². The van der Waals surface area contributed by atoms with Crippen molar-refractivity contribution in [1.82, 2.24) is 0 Å². The molecule has 0 heterocycles. The average Bonchev–Trinajstić information content (AvgIpc) is 2.44. The summed E-state index contributed by atoms with van der Waals surface area (Å²) in [5.74, 6) is 0.564. The Morgan fingerprint density at radius 1 is 1.15 bits per heavy atom. The van der Waals surface area contributed by atoms with E-state index in [0.717, 1.165) is 24.0 Å². The second-order valence-electron chi connectivity index (χ2n) is 5.02. The standard InChI is InChI=1S/C17H20FNO/c1-3-14(19)11-13-6-4-5-7-16(13)20-17-10-12(2)8-9-15(17)18/h4-10,14H,3,11,19H2,1-2H3. The summed E-state index contributed by atoms with van der Waals surface area (Å²) >= 11 is 0. The monoisotopic (exact) mass is 273 g/mol. The molecule has 106 valence electrons. The number of hydrogen-bond acceptors (Lipinski definition) is 2. The van der Waals surface area contributed by atoms with Gasteiger partial charge in [0.25, 0.3) is 0 Å². The Morgan fingerprint density at radius 3 is 2.65 bits per heavy atom. The predicted octanol–water partition coefficient (Wildman–Crippen LogP) is 4.21. The largest absolute Gasteiger partial charge is 0.454 e. The molecule has 2 rings (SSSR count). The third-order valence-corrected chi connectivity index (χ3v) is 3.29. The van der Waals surface area contributed by atoms with Gasteiger partial charge in [-0.25, -0.2) is 4.39 Å². The van der Waals surface area contributed by atoms with Gasteiger partial charge < -0.3 is 10.5 Å². The summed E-state index contributed by atoms with van der Waals surface area (Å²) in [5.41, 5.74) is 7.96. The van der Waals surface area contributed by atoms with E-state index in [9.17, 15) is 4.39 Å². The molecule has 0 spiro atoms. The van der Waals surface area contributed by atoms with Gasteiger partial charge in [-0.2, -0.15) is 0 Å². The molecule has 0 saturated heterocycles. The Kier molecular flexibility index (Phi) is 4.74. The average molecular weight is 273 g/mol. The van der Waals surface area contributed by atoms with Crippen LogP contribution in [0.2, 0.25) is 0 Å². The molecule has 2 N–H and O–H groups in total. The maximum atomic E-state index is 13.8. The molecule has 20 heavy (non-hydrogen) atoms. The number of nitrogens with two attached hydrogens (primary N) is 1. The van der Waals surface area contributed by atoms with Crippen molar-refractivity contribution in [3.63, 3.8) is 0 Å². The molecule has 0 aliphatic rings. The van der Waals surface area contributed by atoms with E-state index in [4.69, 9.17) is 10.5 Å². The van der Waals surface area contributed by atoms with E-state index < -0.39 is 0 Å². The lowest BCUT2D eigenvalue weighted by Crippen LogP contribution is -2.21. The Labute approximate surface area is 119 Å². The number of benzene rings is 2. The van der Waals surface area contributed by atoms with Gasteiger partial charge in [-0.15, -0.1) is 0 Å². The van der Waals surface area contributed by atoms with Crippen LogP contribution in [-0.2, 0) is 6.42 Å². The Hall–Kier alpha value is -1.87. The number of para-hydroxylation sites is 1. The van der Waals surface area contributed by atoms with Crippen LogP contribution in [0, 0.1) is 12.7 Å². The van der Waals surface area contributed by atoms with Gasteiger partial charge in [-0.1, -0.05) is 31.2 Å². The van der Waals surface area contributed by atoms with Crippen LogP contribution < -0.4 is 10.5 Å². The lowest BCUT2D eigenvalue weighted by Gasteiger charge is -2.14.